The lowest BCUT2D eigenvalue weighted by Crippen LogP contribution is -2.41. The number of fused-ring (bicyclic) bond motifs is 18. The van der Waals surface area contributed by atoms with Crippen LogP contribution in [0.3, 0.4) is 0 Å². The normalized spacial score (nSPS) is 12.5. The Kier molecular flexibility index (Phi) is 28.2. The lowest BCUT2D eigenvalue weighted by molar-refractivity contribution is 0.00578. The number of para-hydroxylation sites is 5. The zero-order valence-electron chi connectivity index (χ0n) is 79.5. The molecule has 726 valence electrons. The van der Waals surface area contributed by atoms with Crippen molar-refractivity contribution >= 4 is 311 Å². The summed E-state index contributed by atoms with van der Waals surface area (Å²) >= 11 is 24.7. The third-order valence-electron chi connectivity index (χ3n) is 26.1. The highest BCUT2D eigenvalue weighted by atomic mass is 79.9. The van der Waals surface area contributed by atoms with Gasteiger partial charge in [-0.1, -0.05) is 279 Å². The lowest BCUT2D eigenvalue weighted by atomic mass is 9.76. The molecule has 1 aliphatic heterocycles. The van der Waals surface area contributed by atoms with E-state index in [2.05, 4.69) is 261 Å². The SMILES string of the molecule is Brc1cc2c(-c3ccccc3)nc3ccccc3c2c2nsnc12.Brc1ccc(Br)c2nsnc12.CC1(C)OB(c2cc3c(-c4ccccc4)nc4ccccc4c3c3nsnc23)OC1(C)C.Nc1ccccc1-c1ccc(Br)c2nsnc12.O=C(Nc1ccccc1-c1ccc(Br)c2nsnc12)c1ccccc1.c1ccc(-c2cc(-c3cc4c(-c5ccccc5)nc5ccccc5c4c4nsnc34)nc(-c3ccccc3)n2)cc1. The molecule has 0 bridgehead atoms. The number of nitrogens with two attached hydrogens (primary N) is 1. The molecule has 11 heterocycles. The van der Waals surface area contributed by atoms with Crippen molar-refractivity contribution in [3.63, 3.8) is 0 Å². The molecule has 0 atom stereocenters. The monoisotopic (exact) mass is 2380 g/mol. The number of pyridine rings is 3. The van der Waals surface area contributed by atoms with Gasteiger partial charge in [-0.15, -0.1) is 0 Å². The van der Waals surface area contributed by atoms with E-state index < -0.39 is 18.3 Å². The summed E-state index contributed by atoms with van der Waals surface area (Å²) in [5.74, 6) is 0.524. The molecule has 3 N–H and O–H groups in total. The molecule has 1 fully saturated rings. The molecule has 1 saturated heterocycles. The molecule has 28 rings (SSSR count). The number of halogens is 5. The Bertz CT molecular complexity index is 9710. The molecule has 1 amide bonds. The smallest absolute Gasteiger partial charge is 0.399 e. The molecule has 1 aliphatic rings. The standard InChI is InChI=1S/C35H21N5S.C25H22BN3O2S.C19H12BrN3OS.C19H10BrN3S.C12H8BrN3S.C6H2Br2N2S/c1-4-12-22(13-5-1)29-21-30(38-35(37-29)24-16-8-3-9-17-24)26-20-27-31(34-33(26)39-41-40-34)25-18-10-11-19-28(25)36-32(27)23-14-6-2-7-15-23;1-24(2)25(3,4)31-26(30-24)18-14-17-20(23-22(18)28-32-29-23)16-12-8-9-13-19(16)27-21(17)15-10-6-5-7-11-15;20-15-11-10-14(17-18(15)23-25-22-17)13-8-4-5-9-16(13)21-19(24)12-6-2-1-3-7-12;20-14-10-13-16(19-18(14)22-24-23-19)12-8-4-5-9-15(12)21-17(13)11-6-2-1-3-7-11;13-9-6-5-8(11-12(9)16-17-15-11)7-3-1-2-4-10(7)14;7-3-1-2-4(8)6-5(3)9-11-10-6/h1-21H;5-14H,1-4H3;1-11H,(H,21,24);1-10H;1-6H,14H2;1-2H. The van der Waals surface area contributed by atoms with Gasteiger partial charge < -0.3 is 20.4 Å². The van der Waals surface area contributed by atoms with Crippen molar-refractivity contribution < 1.29 is 14.1 Å². The van der Waals surface area contributed by atoms with Crippen LogP contribution in [0.1, 0.15) is 38.1 Å². The fraction of sp³-hybridized carbons (Fsp3) is 0.0517. The zero-order valence-corrected chi connectivity index (χ0v) is 92.3. The number of nitrogens with zero attached hydrogens (tertiary/aromatic N) is 17. The van der Waals surface area contributed by atoms with Crippen molar-refractivity contribution in [1.29, 1.82) is 0 Å². The minimum atomic E-state index is -0.522. The van der Waals surface area contributed by atoms with Gasteiger partial charge in [0.05, 0.1) is 127 Å². The van der Waals surface area contributed by atoms with Gasteiger partial charge >= 0.3 is 7.12 Å². The van der Waals surface area contributed by atoms with E-state index in [1.807, 2.05) is 243 Å². The molecule has 22 nitrogen and oxygen atoms in total. The van der Waals surface area contributed by atoms with Crippen molar-refractivity contribution in [3.8, 4) is 89.9 Å². The largest absolute Gasteiger partial charge is 0.497 e. The number of amides is 1. The first-order valence-electron chi connectivity index (χ1n) is 47.1. The van der Waals surface area contributed by atoms with Gasteiger partial charge in [-0.2, -0.15) is 52.5 Å². The van der Waals surface area contributed by atoms with Gasteiger partial charge in [-0.3, -0.25) is 4.79 Å². The van der Waals surface area contributed by atoms with E-state index >= 15 is 0 Å². The van der Waals surface area contributed by atoms with Gasteiger partial charge in [0.15, 0.2) is 5.82 Å². The summed E-state index contributed by atoms with van der Waals surface area (Å²) in [5.41, 5.74) is 35.9. The summed E-state index contributed by atoms with van der Waals surface area (Å²) in [5, 5.41) is 12.6. The van der Waals surface area contributed by atoms with E-state index in [1.54, 1.807) is 12.1 Å². The summed E-state index contributed by atoms with van der Waals surface area (Å²) in [4.78, 5) is 37.8. The van der Waals surface area contributed by atoms with Gasteiger partial charge in [-0.25, -0.2) is 24.9 Å². The van der Waals surface area contributed by atoms with Crippen LogP contribution < -0.4 is 16.5 Å². The summed E-state index contributed by atoms with van der Waals surface area (Å²) in [6.07, 6.45) is 0. The predicted octanol–water partition coefficient (Wildman–Crippen LogP) is 32.3. The number of anilines is 2. The van der Waals surface area contributed by atoms with Gasteiger partial charge in [0.25, 0.3) is 5.91 Å². The second kappa shape index (κ2) is 42.8. The van der Waals surface area contributed by atoms with E-state index in [-0.39, 0.29) is 5.91 Å². The molecule has 17 aromatic carbocycles. The Morgan fingerprint density at radius 1 is 0.280 bits per heavy atom. The predicted molar refractivity (Wildman–Crippen MR) is 635 cm³/mol. The van der Waals surface area contributed by atoms with Crippen LogP contribution in [-0.2, 0) is 9.31 Å². The van der Waals surface area contributed by atoms with Gasteiger partial charge in [-0.05, 0) is 192 Å². The number of carbonyl (C=O) groups is 1. The average Bonchev–Trinajstić information content (AvgIpc) is 1.52. The highest BCUT2D eigenvalue weighted by Gasteiger charge is 2.53. The van der Waals surface area contributed by atoms with Crippen molar-refractivity contribution in [2.45, 2.75) is 38.9 Å². The Balaban J connectivity index is 0.000000102. The molecule has 0 saturated carbocycles. The average molecular weight is 2390 g/mol. The maximum absolute atomic E-state index is 12.5. The van der Waals surface area contributed by atoms with E-state index in [1.165, 1.54) is 70.4 Å². The number of benzene rings is 17. The van der Waals surface area contributed by atoms with Gasteiger partial charge in [0, 0.05) is 149 Å². The van der Waals surface area contributed by atoms with Crippen LogP contribution in [0.25, 0.3) is 221 Å². The van der Waals surface area contributed by atoms with Crippen LogP contribution in [-0.4, -0.2) is 102 Å². The van der Waals surface area contributed by atoms with Crippen LogP contribution in [0.5, 0.6) is 0 Å². The van der Waals surface area contributed by atoms with Gasteiger partial charge in [0.2, 0.25) is 0 Å². The number of nitrogens with one attached hydrogen (secondary N) is 1. The first-order valence-corrected chi connectivity index (χ1v) is 55.5. The Hall–Kier alpha value is -14.6. The quantitative estimate of drug-likeness (QED) is 0.0691. The molecule has 0 spiro atoms. The van der Waals surface area contributed by atoms with Crippen LogP contribution in [0.4, 0.5) is 11.4 Å². The maximum Gasteiger partial charge on any atom is 0.497 e. The fourth-order valence-electron chi connectivity index (χ4n) is 18.2. The number of hydrogen-bond donors (Lipinski definition) is 2. The Morgan fingerprint density at radius 2 is 0.607 bits per heavy atom. The highest BCUT2D eigenvalue weighted by molar-refractivity contribution is 9.11. The molecule has 27 aromatic rings. The molecule has 150 heavy (non-hydrogen) atoms. The van der Waals surface area contributed by atoms with E-state index in [9.17, 15) is 4.79 Å². The van der Waals surface area contributed by atoms with Crippen LogP contribution in [0.2, 0.25) is 0 Å². The fourth-order valence-corrected chi connectivity index (χ4v) is 24.4. The summed E-state index contributed by atoms with van der Waals surface area (Å²) in [6, 6.07) is 121. The molecule has 0 radical (unpaired) electrons. The number of hydrogen-bond acceptors (Lipinski definition) is 27. The van der Waals surface area contributed by atoms with Crippen LogP contribution >= 0.6 is 150 Å². The Labute approximate surface area is 925 Å². The summed E-state index contributed by atoms with van der Waals surface area (Å²) in [7, 11) is -0.522. The second-order valence-corrected chi connectivity index (χ2v) is 43.2. The number of rotatable bonds is 11. The first kappa shape index (κ1) is 98.7. The van der Waals surface area contributed by atoms with Crippen LogP contribution in [0.15, 0.2) is 386 Å². The first-order chi connectivity index (χ1) is 73.3. The Morgan fingerprint density at radius 3 is 1.07 bits per heavy atom. The zero-order chi connectivity index (χ0) is 102. The highest BCUT2D eigenvalue weighted by Crippen LogP contribution is 2.47. The molecule has 34 heteroatoms. The molecule has 0 aliphatic carbocycles. The van der Waals surface area contributed by atoms with Crippen molar-refractivity contribution in [2.75, 3.05) is 11.1 Å². The third-order valence-corrected chi connectivity index (χ3v) is 32.5. The third kappa shape index (κ3) is 19.5. The maximum atomic E-state index is 12.5. The van der Waals surface area contributed by atoms with Crippen molar-refractivity contribution in [2.24, 2.45) is 0 Å². The minimum absolute atomic E-state index is 0.141. The topological polar surface area (TPSA) is 293 Å². The van der Waals surface area contributed by atoms with Crippen LogP contribution in [0, 0.1) is 0 Å². The number of aromatic nitrogens is 17. The number of nitrogen functional groups attached to an aromatic ring is 1. The lowest BCUT2D eigenvalue weighted by Gasteiger charge is -2.32. The molecule has 0 unspecified atom stereocenters. The van der Waals surface area contributed by atoms with Crippen molar-refractivity contribution in [3.05, 3.63) is 392 Å². The van der Waals surface area contributed by atoms with E-state index in [0.29, 0.717) is 11.4 Å². The molecule has 10 aromatic heterocycles. The minimum Gasteiger partial charge on any atom is -0.399 e. The molecular weight excluding hydrogens is 2310 g/mol. The molecular formula is C116H75BBr5N19O3S6. The second-order valence-electron chi connectivity index (χ2n) is 35.8. The van der Waals surface area contributed by atoms with Gasteiger partial charge in [0.1, 0.15) is 66.2 Å². The van der Waals surface area contributed by atoms with E-state index in [0.717, 1.165) is 255 Å². The van der Waals surface area contributed by atoms with E-state index in [4.69, 9.17) is 53.1 Å². The number of carbonyl (C=O) groups excluding carboxylic acids is 1. The summed E-state index contributed by atoms with van der Waals surface area (Å²) < 4.78 is 71.3. The van der Waals surface area contributed by atoms with Crippen molar-refractivity contribution in [1.82, 2.24) is 77.4 Å². The summed E-state index contributed by atoms with van der Waals surface area (Å²) in [6.45, 7) is 8.26.